The quantitative estimate of drug-likeness (QED) is 0.302. The van der Waals surface area contributed by atoms with Crippen molar-refractivity contribution < 1.29 is 4.79 Å². The molecule has 0 saturated heterocycles. The Labute approximate surface area is 202 Å². The SMILES string of the molecule is Cc1ccccc1Cn1cccc1CN(Cc1ccccc1)C(=O)Nc1ccc(C(C)C)cc1. The lowest BCUT2D eigenvalue weighted by atomic mass is 10.0. The number of nitrogens with zero attached hydrogens (tertiary/aromatic N) is 2. The fourth-order valence-corrected chi connectivity index (χ4v) is 4.07. The fourth-order valence-electron chi connectivity index (χ4n) is 4.07. The molecule has 1 N–H and O–H groups in total. The van der Waals surface area contributed by atoms with Gasteiger partial charge in [0.15, 0.2) is 0 Å². The molecule has 0 bridgehead atoms. The number of hydrogen-bond donors (Lipinski definition) is 1. The average Bonchev–Trinajstić information content (AvgIpc) is 3.27. The summed E-state index contributed by atoms with van der Waals surface area (Å²) in [6.07, 6.45) is 2.09. The number of nitrogens with one attached hydrogen (secondary N) is 1. The maximum absolute atomic E-state index is 13.4. The topological polar surface area (TPSA) is 37.3 Å². The third kappa shape index (κ3) is 5.96. The lowest BCUT2D eigenvalue weighted by Gasteiger charge is -2.24. The van der Waals surface area contributed by atoms with Gasteiger partial charge in [-0.05, 0) is 59.4 Å². The zero-order valence-corrected chi connectivity index (χ0v) is 20.2. The predicted molar refractivity (Wildman–Crippen MR) is 140 cm³/mol. The van der Waals surface area contributed by atoms with Crippen LogP contribution < -0.4 is 5.32 Å². The van der Waals surface area contributed by atoms with Gasteiger partial charge in [-0.15, -0.1) is 0 Å². The second kappa shape index (κ2) is 10.9. The zero-order valence-electron chi connectivity index (χ0n) is 20.2. The molecule has 0 fully saturated rings. The van der Waals surface area contributed by atoms with Gasteiger partial charge < -0.3 is 14.8 Å². The summed E-state index contributed by atoms with van der Waals surface area (Å²) in [7, 11) is 0. The molecule has 34 heavy (non-hydrogen) atoms. The van der Waals surface area contributed by atoms with Crippen LogP contribution in [0.15, 0.2) is 97.2 Å². The molecule has 0 atom stereocenters. The molecule has 174 valence electrons. The van der Waals surface area contributed by atoms with Gasteiger partial charge in [0.25, 0.3) is 0 Å². The summed E-state index contributed by atoms with van der Waals surface area (Å²) in [5.74, 6) is 0.459. The molecule has 0 spiro atoms. The van der Waals surface area contributed by atoms with E-state index in [1.807, 2.05) is 35.2 Å². The molecule has 0 aliphatic carbocycles. The summed E-state index contributed by atoms with van der Waals surface area (Å²) in [6.45, 7) is 8.31. The minimum atomic E-state index is -0.107. The van der Waals surface area contributed by atoms with Crippen molar-refractivity contribution in [2.45, 2.75) is 46.3 Å². The van der Waals surface area contributed by atoms with Crippen LogP contribution in [0.2, 0.25) is 0 Å². The number of carbonyl (C=O) groups excluding carboxylic acids is 1. The highest BCUT2D eigenvalue weighted by Gasteiger charge is 2.17. The van der Waals surface area contributed by atoms with E-state index >= 15 is 0 Å². The fraction of sp³-hybridized carbons (Fsp3) is 0.233. The van der Waals surface area contributed by atoms with Crippen molar-refractivity contribution in [2.24, 2.45) is 0 Å². The Balaban J connectivity index is 1.54. The summed E-state index contributed by atoms with van der Waals surface area (Å²) >= 11 is 0. The highest BCUT2D eigenvalue weighted by Crippen LogP contribution is 2.19. The third-order valence-electron chi connectivity index (χ3n) is 6.21. The van der Waals surface area contributed by atoms with Crippen LogP contribution in [0.1, 0.15) is 47.7 Å². The van der Waals surface area contributed by atoms with E-state index in [0.29, 0.717) is 19.0 Å². The second-order valence-electron chi connectivity index (χ2n) is 9.10. The van der Waals surface area contributed by atoms with Crippen molar-refractivity contribution >= 4 is 11.7 Å². The van der Waals surface area contributed by atoms with E-state index in [9.17, 15) is 4.79 Å². The number of amides is 2. The second-order valence-corrected chi connectivity index (χ2v) is 9.10. The number of benzene rings is 3. The van der Waals surface area contributed by atoms with Gasteiger partial charge in [-0.1, -0.05) is 80.6 Å². The lowest BCUT2D eigenvalue weighted by molar-refractivity contribution is 0.205. The van der Waals surface area contributed by atoms with Crippen molar-refractivity contribution in [2.75, 3.05) is 5.32 Å². The van der Waals surface area contributed by atoms with Gasteiger partial charge in [0, 0.05) is 30.7 Å². The van der Waals surface area contributed by atoms with Gasteiger partial charge in [-0.25, -0.2) is 4.79 Å². The molecular formula is C30H33N3O. The number of urea groups is 1. The summed E-state index contributed by atoms with van der Waals surface area (Å²) in [5, 5.41) is 3.10. The van der Waals surface area contributed by atoms with Gasteiger partial charge in [0.2, 0.25) is 0 Å². The van der Waals surface area contributed by atoms with E-state index in [-0.39, 0.29) is 6.03 Å². The standard InChI is InChI=1S/C30H33N3O/c1-23(2)26-15-17-28(18-16-26)31-30(34)33(20-25-11-5-4-6-12-25)22-29-14-9-19-32(29)21-27-13-8-7-10-24(27)3/h4-19,23H,20-22H2,1-3H3,(H,31,34). The van der Waals surface area contributed by atoms with Gasteiger partial charge in [-0.3, -0.25) is 0 Å². The van der Waals surface area contributed by atoms with Crippen molar-refractivity contribution in [3.8, 4) is 0 Å². The minimum absolute atomic E-state index is 0.107. The Hall–Kier alpha value is -3.79. The Morgan fingerprint density at radius 3 is 2.26 bits per heavy atom. The summed E-state index contributed by atoms with van der Waals surface area (Å²) in [5.41, 5.74) is 6.82. The summed E-state index contributed by atoms with van der Waals surface area (Å²) in [6, 6.07) is 30.7. The third-order valence-corrected chi connectivity index (χ3v) is 6.21. The molecule has 0 radical (unpaired) electrons. The average molecular weight is 452 g/mol. The maximum atomic E-state index is 13.4. The van der Waals surface area contributed by atoms with Crippen molar-refractivity contribution in [3.05, 3.63) is 125 Å². The number of hydrogen-bond acceptors (Lipinski definition) is 1. The van der Waals surface area contributed by atoms with Crippen LogP contribution in [0.4, 0.5) is 10.5 Å². The van der Waals surface area contributed by atoms with E-state index in [1.165, 1.54) is 16.7 Å². The molecule has 4 aromatic rings. The first-order chi connectivity index (χ1) is 16.5. The van der Waals surface area contributed by atoms with E-state index in [2.05, 4.69) is 97.5 Å². The first kappa shape index (κ1) is 23.4. The molecule has 4 nitrogen and oxygen atoms in total. The van der Waals surface area contributed by atoms with Crippen LogP contribution in [0.3, 0.4) is 0 Å². The van der Waals surface area contributed by atoms with Crippen molar-refractivity contribution in [1.29, 1.82) is 0 Å². The van der Waals surface area contributed by atoms with Crippen LogP contribution in [-0.2, 0) is 19.6 Å². The first-order valence-electron chi connectivity index (χ1n) is 11.9. The number of aryl methyl sites for hydroxylation is 1. The van der Waals surface area contributed by atoms with Crippen LogP contribution in [0.5, 0.6) is 0 Å². The highest BCUT2D eigenvalue weighted by molar-refractivity contribution is 5.89. The maximum Gasteiger partial charge on any atom is 0.322 e. The number of rotatable bonds is 8. The molecule has 0 unspecified atom stereocenters. The van der Waals surface area contributed by atoms with Crippen LogP contribution >= 0.6 is 0 Å². The van der Waals surface area contributed by atoms with Gasteiger partial charge in [0.05, 0.1) is 6.54 Å². The molecule has 1 heterocycles. The highest BCUT2D eigenvalue weighted by atomic mass is 16.2. The number of aromatic nitrogens is 1. The zero-order chi connectivity index (χ0) is 23.9. The molecule has 1 aromatic heterocycles. The normalized spacial score (nSPS) is 10.9. The van der Waals surface area contributed by atoms with E-state index in [4.69, 9.17) is 0 Å². The van der Waals surface area contributed by atoms with Gasteiger partial charge in [-0.2, -0.15) is 0 Å². The predicted octanol–water partition coefficient (Wildman–Crippen LogP) is 7.20. The monoisotopic (exact) mass is 451 g/mol. The van der Waals surface area contributed by atoms with Crippen molar-refractivity contribution in [1.82, 2.24) is 9.47 Å². The first-order valence-corrected chi connectivity index (χ1v) is 11.9. The van der Waals surface area contributed by atoms with E-state index < -0.39 is 0 Å². The van der Waals surface area contributed by atoms with Crippen LogP contribution in [0.25, 0.3) is 0 Å². The molecule has 4 rings (SSSR count). The minimum Gasteiger partial charge on any atom is -0.345 e. The Morgan fingerprint density at radius 2 is 1.56 bits per heavy atom. The van der Waals surface area contributed by atoms with Gasteiger partial charge in [0.1, 0.15) is 0 Å². The van der Waals surface area contributed by atoms with Gasteiger partial charge >= 0.3 is 6.03 Å². The van der Waals surface area contributed by atoms with E-state index in [1.54, 1.807) is 0 Å². The van der Waals surface area contributed by atoms with Crippen molar-refractivity contribution in [3.63, 3.8) is 0 Å². The Bertz CT molecular complexity index is 1210. The molecule has 0 saturated carbocycles. The summed E-state index contributed by atoms with van der Waals surface area (Å²) < 4.78 is 2.23. The molecule has 2 amide bonds. The lowest BCUT2D eigenvalue weighted by Crippen LogP contribution is -2.34. The summed E-state index contributed by atoms with van der Waals surface area (Å²) in [4.78, 5) is 15.3. The van der Waals surface area contributed by atoms with Crippen LogP contribution in [0, 0.1) is 6.92 Å². The smallest absolute Gasteiger partial charge is 0.322 e. The molecule has 3 aromatic carbocycles. The largest absolute Gasteiger partial charge is 0.345 e. The number of carbonyl (C=O) groups is 1. The molecule has 0 aliphatic heterocycles. The van der Waals surface area contributed by atoms with E-state index in [0.717, 1.165) is 23.5 Å². The molecular weight excluding hydrogens is 418 g/mol. The number of anilines is 1. The Kier molecular flexibility index (Phi) is 7.48. The molecule has 0 aliphatic rings. The molecule has 4 heteroatoms. The Morgan fingerprint density at radius 1 is 0.853 bits per heavy atom. The van der Waals surface area contributed by atoms with Crippen LogP contribution in [-0.4, -0.2) is 15.5 Å².